The first-order chi connectivity index (χ1) is 5.79. The van der Waals surface area contributed by atoms with Crippen LogP contribution in [-0.2, 0) is 0 Å². The third-order valence-electron chi connectivity index (χ3n) is 2.24. The van der Waals surface area contributed by atoms with E-state index in [1.54, 1.807) is 0 Å². The van der Waals surface area contributed by atoms with Crippen molar-refractivity contribution in [2.75, 3.05) is 0 Å². The van der Waals surface area contributed by atoms with Gasteiger partial charge >= 0.3 is 0 Å². The van der Waals surface area contributed by atoms with Gasteiger partial charge in [0.1, 0.15) is 7.85 Å². The fourth-order valence-electron chi connectivity index (χ4n) is 1.44. The Kier molecular flexibility index (Phi) is 1.65. The highest BCUT2D eigenvalue weighted by atomic mass is 14.0. The van der Waals surface area contributed by atoms with Gasteiger partial charge in [0.05, 0.1) is 0 Å². The zero-order valence-corrected chi connectivity index (χ0v) is 7.04. The molecule has 0 amide bonds. The Morgan fingerprint density at radius 3 is 2.58 bits per heavy atom. The smallest absolute Gasteiger partial charge is 0.0932 e. The molecule has 2 aromatic rings. The van der Waals surface area contributed by atoms with Gasteiger partial charge in [-0.25, -0.2) is 0 Å². The molecule has 0 nitrogen and oxygen atoms in total. The lowest BCUT2D eigenvalue weighted by molar-refractivity contribution is 1.57. The summed E-state index contributed by atoms with van der Waals surface area (Å²) in [5.74, 6) is 0. The Morgan fingerprint density at radius 2 is 1.75 bits per heavy atom. The second kappa shape index (κ2) is 2.67. The van der Waals surface area contributed by atoms with Crippen LogP contribution in [-0.4, -0.2) is 7.85 Å². The molecule has 0 aliphatic rings. The van der Waals surface area contributed by atoms with Crippen LogP contribution in [0.2, 0.25) is 0 Å². The van der Waals surface area contributed by atoms with Crippen LogP contribution in [0.3, 0.4) is 0 Å². The number of fused-ring (bicyclic) bond motifs is 1. The van der Waals surface area contributed by atoms with E-state index >= 15 is 0 Å². The van der Waals surface area contributed by atoms with E-state index in [0.717, 1.165) is 5.46 Å². The Morgan fingerprint density at radius 1 is 1.00 bits per heavy atom. The van der Waals surface area contributed by atoms with E-state index in [1.165, 1.54) is 16.3 Å². The largest absolute Gasteiger partial charge is 0.114 e. The third kappa shape index (κ3) is 1.02. The summed E-state index contributed by atoms with van der Waals surface area (Å²) in [6, 6.07) is 12.3. The Balaban J connectivity index is 2.91. The molecule has 0 unspecified atom stereocenters. The van der Waals surface area contributed by atoms with Gasteiger partial charge in [0.2, 0.25) is 0 Å². The van der Waals surface area contributed by atoms with Crippen molar-refractivity contribution in [1.82, 2.24) is 0 Å². The van der Waals surface area contributed by atoms with Crippen LogP contribution < -0.4 is 5.46 Å². The van der Waals surface area contributed by atoms with E-state index in [1.807, 2.05) is 18.2 Å². The van der Waals surface area contributed by atoms with Crippen molar-refractivity contribution in [1.29, 1.82) is 0 Å². The Labute approximate surface area is 73.6 Å². The highest BCUT2D eigenvalue weighted by Crippen LogP contribution is 2.15. The minimum atomic E-state index is 0.869. The summed E-state index contributed by atoms with van der Waals surface area (Å²) >= 11 is 0. The van der Waals surface area contributed by atoms with Crippen molar-refractivity contribution in [3.05, 3.63) is 42.0 Å². The molecule has 12 heavy (non-hydrogen) atoms. The molecule has 0 fully saturated rings. The molecule has 2 aromatic carbocycles. The molecule has 0 aliphatic heterocycles. The quantitative estimate of drug-likeness (QED) is 0.506. The first kappa shape index (κ1) is 7.42. The Bertz CT molecular complexity index is 418. The average Bonchev–Trinajstić information content (AvgIpc) is 2.12. The maximum absolute atomic E-state index is 5.79. The second-order valence-corrected chi connectivity index (χ2v) is 3.00. The van der Waals surface area contributed by atoms with Gasteiger partial charge in [-0.15, -0.1) is 0 Å². The molecule has 0 spiro atoms. The van der Waals surface area contributed by atoms with E-state index in [4.69, 9.17) is 7.85 Å². The minimum Gasteiger partial charge on any atom is -0.0932 e. The van der Waals surface area contributed by atoms with Crippen LogP contribution in [0.5, 0.6) is 0 Å². The lowest BCUT2D eigenvalue weighted by atomic mass is 9.88. The Hall–Kier alpha value is -1.24. The number of benzene rings is 2. The molecular weight excluding hydrogens is 143 g/mol. The van der Waals surface area contributed by atoms with Crippen LogP contribution in [0.25, 0.3) is 10.8 Å². The SMILES string of the molecule is [B]c1ccc2ccccc2c1C. The van der Waals surface area contributed by atoms with Gasteiger partial charge in [-0.2, -0.15) is 0 Å². The fourth-order valence-corrected chi connectivity index (χ4v) is 1.44. The summed E-state index contributed by atoms with van der Waals surface area (Å²) < 4.78 is 0. The van der Waals surface area contributed by atoms with E-state index in [9.17, 15) is 0 Å². The number of aryl methyl sites for hydroxylation is 1. The van der Waals surface area contributed by atoms with Gasteiger partial charge in [0, 0.05) is 0 Å². The van der Waals surface area contributed by atoms with Crippen molar-refractivity contribution >= 4 is 24.1 Å². The monoisotopic (exact) mass is 152 g/mol. The van der Waals surface area contributed by atoms with Gasteiger partial charge in [-0.3, -0.25) is 0 Å². The number of hydrogen-bond donors (Lipinski definition) is 0. The molecule has 0 N–H and O–H groups in total. The molecule has 0 saturated heterocycles. The van der Waals surface area contributed by atoms with Crippen molar-refractivity contribution in [3.8, 4) is 0 Å². The molecule has 2 rings (SSSR count). The van der Waals surface area contributed by atoms with Crippen molar-refractivity contribution < 1.29 is 0 Å². The molecule has 0 saturated carbocycles. The van der Waals surface area contributed by atoms with Crippen molar-refractivity contribution in [2.45, 2.75) is 6.92 Å². The van der Waals surface area contributed by atoms with E-state index in [2.05, 4.69) is 25.1 Å². The predicted molar refractivity (Wildman–Crippen MR) is 54.1 cm³/mol. The molecular formula is C11H9B. The topological polar surface area (TPSA) is 0 Å². The summed E-state index contributed by atoms with van der Waals surface area (Å²) in [6.07, 6.45) is 0. The summed E-state index contributed by atoms with van der Waals surface area (Å²) in [5.41, 5.74) is 2.04. The molecule has 1 heteroatoms. The molecule has 0 aliphatic carbocycles. The minimum absolute atomic E-state index is 0.869. The molecule has 0 aromatic heterocycles. The van der Waals surface area contributed by atoms with Crippen molar-refractivity contribution in [2.24, 2.45) is 0 Å². The predicted octanol–water partition coefficient (Wildman–Crippen LogP) is 1.94. The third-order valence-corrected chi connectivity index (χ3v) is 2.24. The van der Waals surface area contributed by atoms with Gasteiger partial charge in [0.25, 0.3) is 0 Å². The normalized spacial score (nSPS) is 10.4. The zero-order valence-electron chi connectivity index (χ0n) is 7.04. The standard InChI is InChI=1S/C11H9B/c1-8-10-5-3-2-4-9(10)6-7-11(8)12/h2-7H,1H3. The highest BCUT2D eigenvalue weighted by molar-refractivity contribution is 6.34. The molecule has 2 radical (unpaired) electrons. The van der Waals surface area contributed by atoms with Crippen LogP contribution in [0.1, 0.15) is 5.56 Å². The maximum Gasteiger partial charge on any atom is 0.114 e. The van der Waals surface area contributed by atoms with E-state index in [0.29, 0.717) is 0 Å². The van der Waals surface area contributed by atoms with Gasteiger partial charge in [-0.05, 0) is 17.7 Å². The zero-order chi connectivity index (χ0) is 8.55. The lowest BCUT2D eigenvalue weighted by Gasteiger charge is -2.04. The maximum atomic E-state index is 5.79. The molecule has 56 valence electrons. The van der Waals surface area contributed by atoms with Crippen LogP contribution in [0.15, 0.2) is 36.4 Å². The van der Waals surface area contributed by atoms with Crippen LogP contribution >= 0.6 is 0 Å². The van der Waals surface area contributed by atoms with E-state index in [-0.39, 0.29) is 0 Å². The highest BCUT2D eigenvalue weighted by Gasteiger charge is 1.96. The summed E-state index contributed by atoms with van der Waals surface area (Å²) in [4.78, 5) is 0. The van der Waals surface area contributed by atoms with E-state index < -0.39 is 0 Å². The number of hydrogen-bond acceptors (Lipinski definition) is 0. The summed E-state index contributed by atoms with van der Waals surface area (Å²) in [7, 11) is 5.79. The fraction of sp³-hybridized carbons (Fsp3) is 0.0909. The van der Waals surface area contributed by atoms with Gasteiger partial charge in [-0.1, -0.05) is 47.4 Å². The molecule has 0 bridgehead atoms. The number of rotatable bonds is 0. The molecule has 0 atom stereocenters. The van der Waals surface area contributed by atoms with Crippen LogP contribution in [0.4, 0.5) is 0 Å². The average molecular weight is 152 g/mol. The van der Waals surface area contributed by atoms with Gasteiger partial charge in [0.15, 0.2) is 0 Å². The van der Waals surface area contributed by atoms with Crippen LogP contribution in [0, 0.1) is 6.92 Å². The van der Waals surface area contributed by atoms with Crippen molar-refractivity contribution in [3.63, 3.8) is 0 Å². The summed E-state index contributed by atoms with van der Waals surface area (Å²) in [5, 5.41) is 2.50. The molecule has 0 heterocycles. The summed E-state index contributed by atoms with van der Waals surface area (Å²) in [6.45, 7) is 2.05. The van der Waals surface area contributed by atoms with Gasteiger partial charge < -0.3 is 0 Å². The first-order valence-corrected chi connectivity index (χ1v) is 4.03. The first-order valence-electron chi connectivity index (χ1n) is 4.03. The second-order valence-electron chi connectivity index (χ2n) is 3.00. The lowest BCUT2D eigenvalue weighted by Crippen LogP contribution is -2.06.